The summed E-state index contributed by atoms with van der Waals surface area (Å²) in [6.07, 6.45) is 1.89. The van der Waals surface area contributed by atoms with Crippen molar-refractivity contribution >= 4 is 23.4 Å². The summed E-state index contributed by atoms with van der Waals surface area (Å²) in [5.41, 5.74) is -0.868. The molecule has 0 aromatic heterocycles. The molecule has 21 heavy (non-hydrogen) atoms. The molecule has 1 N–H and O–H groups in total. The van der Waals surface area contributed by atoms with E-state index in [1.54, 1.807) is 12.1 Å². The zero-order chi connectivity index (χ0) is 15.4. The van der Waals surface area contributed by atoms with Gasteiger partial charge in [0.1, 0.15) is 17.1 Å². The number of thioether (sulfide) groups is 1. The summed E-state index contributed by atoms with van der Waals surface area (Å²) in [4.78, 5) is 22.0. The van der Waals surface area contributed by atoms with Crippen LogP contribution in [0.25, 0.3) is 0 Å². The van der Waals surface area contributed by atoms with Gasteiger partial charge >= 0.3 is 5.97 Å². The Kier molecular flexibility index (Phi) is 4.44. The number of carbonyl (C=O) groups is 1. The van der Waals surface area contributed by atoms with Crippen molar-refractivity contribution in [3.63, 3.8) is 0 Å². The highest BCUT2D eigenvalue weighted by atomic mass is 32.2. The van der Waals surface area contributed by atoms with Gasteiger partial charge < -0.3 is 9.84 Å². The van der Waals surface area contributed by atoms with Crippen molar-refractivity contribution in [3.8, 4) is 11.5 Å². The molecule has 2 aromatic carbocycles. The zero-order valence-electron chi connectivity index (χ0n) is 11.0. The summed E-state index contributed by atoms with van der Waals surface area (Å²) < 4.78 is 5.61. The first kappa shape index (κ1) is 14.9. The van der Waals surface area contributed by atoms with E-state index in [2.05, 4.69) is 0 Å². The Hall–Kier alpha value is -2.54. The van der Waals surface area contributed by atoms with Gasteiger partial charge in [-0.25, -0.2) is 4.79 Å². The summed E-state index contributed by atoms with van der Waals surface area (Å²) in [7, 11) is 0. The Balaban J connectivity index is 2.39. The molecule has 0 spiro atoms. The van der Waals surface area contributed by atoms with E-state index in [0.717, 1.165) is 17.0 Å². The number of nitro groups is 1. The Morgan fingerprint density at radius 3 is 2.62 bits per heavy atom. The van der Waals surface area contributed by atoms with Crippen LogP contribution in [0.5, 0.6) is 11.5 Å². The van der Waals surface area contributed by atoms with Gasteiger partial charge in [-0.15, -0.1) is 11.8 Å². The van der Waals surface area contributed by atoms with E-state index in [0.29, 0.717) is 5.75 Å². The van der Waals surface area contributed by atoms with Crippen LogP contribution in [0.3, 0.4) is 0 Å². The Morgan fingerprint density at radius 1 is 1.29 bits per heavy atom. The maximum Gasteiger partial charge on any atom is 0.342 e. The van der Waals surface area contributed by atoms with Crippen molar-refractivity contribution in [3.05, 3.63) is 58.1 Å². The Labute approximate surface area is 124 Å². The molecule has 0 saturated heterocycles. The van der Waals surface area contributed by atoms with Gasteiger partial charge in [-0.2, -0.15) is 0 Å². The number of hydrogen-bond donors (Lipinski definition) is 1. The molecule has 2 aromatic rings. The lowest BCUT2D eigenvalue weighted by Crippen LogP contribution is -2.02. The maximum absolute atomic E-state index is 10.9. The number of hydrogen-bond acceptors (Lipinski definition) is 5. The highest BCUT2D eigenvalue weighted by Gasteiger charge is 2.20. The summed E-state index contributed by atoms with van der Waals surface area (Å²) in [5.74, 6) is -0.576. The number of nitro benzene ring substituents is 1. The smallest absolute Gasteiger partial charge is 0.342 e. The number of nitrogens with zero attached hydrogens (tertiary/aromatic N) is 1. The summed E-state index contributed by atoms with van der Waals surface area (Å²) in [5, 5.41) is 19.9. The molecule has 7 heteroatoms. The standard InChI is InChI=1S/C14H11NO5S/c1-21-13-5-3-2-4-12(13)20-9-6-7-10(14(16)17)11(8-9)15(18)19/h2-8H,1H3,(H,16,17). The number of aromatic carboxylic acids is 1. The number of carboxylic acids is 1. The second kappa shape index (κ2) is 6.27. The van der Waals surface area contributed by atoms with Crippen LogP contribution in [0.2, 0.25) is 0 Å². The van der Waals surface area contributed by atoms with E-state index >= 15 is 0 Å². The SMILES string of the molecule is CSc1ccccc1Oc1ccc(C(=O)O)c([N+](=O)[O-])c1. The fraction of sp³-hybridized carbons (Fsp3) is 0.0714. The minimum atomic E-state index is -1.35. The number of carboxylic acid groups (broad SMARTS) is 1. The number of para-hydroxylation sites is 1. The van der Waals surface area contributed by atoms with Crippen LogP contribution in [-0.2, 0) is 0 Å². The predicted molar refractivity (Wildman–Crippen MR) is 78.4 cm³/mol. The van der Waals surface area contributed by atoms with E-state index in [-0.39, 0.29) is 11.3 Å². The van der Waals surface area contributed by atoms with Gasteiger partial charge in [0.05, 0.1) is 11.0 Å². The second-order valence-corrected chi connectivity index (χ2v) is 4.84. The van der Waals surface area contributed by atoms with Gasteiger partial charge in [0.15, 0.2) is 0 Å². The van der Waals surface area contributed by atoms with Gasteiger partial charge in [-0.3, -0.25) is 10.1 Å². The number of rotatable bonds is 5. The third kappa shape index (κ3) is 3.32. The van der Waals surface area contributed by atoms with Crippen LogP contribution in [0.1, 0.15) is 10.4 Å². The lowest BCUT2D eigenvalue weighted by atomic mass is 10.1. The average Bonchev–Trinajstić information content (AvgIpc) is 2.47. The molecule has 2 rings (SSSR count). The van der Waals surface area contributed by atoms with E-state index in [1.807, 2.05) is 18.4 Å². The van der Waals surface area contributed by atoms with Crippen molar-refractivity contribution in [2.45, 2.75) is 4.90 Å². The summed E-state index contributed by atoms with van der Waals surface area (Å²) in [6, 6.07) is 10.9. The molecule has 0 atom stereocenters. The first-order valence-electron chi connectivity index (χ1n) is 5.85. The first-order chi connectivity index (χ1) is 10.0. The molecule has 0 unspecified atom stereocenters. The minimum Gasteiger partial charge on any atom is -0.477 e. The normalized spacial score (nSPS) is 10.1. The van der Waals surface area contributed by atoms with E-state index in [4.69, 9.17) is 9.84 Å². The molecule has 0 aliphatic carbocycles. The molecule has 6 nitrogen and oxygen atoms in total. The lowest BCUT2D eigenvalue weighted by molar-refractivity contribution is -0.385. The zero-order valence-corrected chi connectivity index (χ0v) is 11.8. The third-order valence-corrected chi connectivity index (χ3v) is 3.47. The van der Waals surface area contributed by atoms with Gasteiger partial charge in [0.25, 0.3) is 5.69 Å². The van der Waals surface area contributed by atoms with Crippen LogP contribution >= 0.6 is 11.8 Å². The predicted octanol–water partition coefficient (Wildman–Crippen LogP) is 3.81. The Bertz CT molecular complexity index is 702. The monoisotopic (exact) mass is 305 g/mol. The molecule has 0 radical (unpaired) electrons. The Morgan fingerprint density at radius 2 is 2.00 bits per heavy atom. The van der Waals surface area contributed by atoms with Crippen LogP contribution in [0.15, 0.2) is 47.4 Å². The quantitative estimate of drug-likeness (QED) is 0.513. The molecule has 0 bridgehead atoms. The van der Waals surface area contributed by atoms with Crippen molar-refractivity contribution in [1.29, 1.82) is 0 Å². The second-order valence-electron chi connectivity index (χ2n) is 3.99. The van der Waals surface area contributed by atoms with Crippen LogP contribution in [-0.4, -0.2) is 22.3 Å². The third-order valence-electron chi connectivity index (χ3n) is 2.69. The van der Waals surface area contributed by atoms with E-state index in [1.165, 1.54) is 17.8 Å². The van der Waals surface area contributed by atoms with Crippen molar-refractivity contribution < 1.29 is 19.6 Å². The van der Waals surface area contributed by atoms with Crippen molar-refractivity contribution in [2.75, 3.05) is 6.26 Å². The van der Waals surface area contributed by atoms with Gasteiger partial charge in [-0.05, 0) is 30.5 Å². The van der Waals surface area contributed by atoms with Crippen LogP contribution in [0, 0.1) is 10.1 Å². The van der Waals surface area contributed by atoms with E-state index in [9.17, 15) is 14.9 Å². The molecule has 0 saturated carbocycles. The van der Waals surface area contributed by atoms with E-state index < -0.39 is 16.6 Å². The molecule has 0 amide bonds. The largest absolute Gasteiger partial charge is 0.477 e. The summed E-state index contributed by atoms with van der Waals surface area (Å²) >= 11 is 1.48. The van der Waals surface area contributed by atoms with Crippen molar-refractivity contribution in [1.82, 2.24) is 0 Å². The van der Waals surface area contributed by atoms with Gasteiger partial charge in [-0.1, -0.05) is 12.1 Å². The highest BCUT2D eigenvalue weighted by Crippen LogP contribution is 2.33. The highest BCUT2D eigenvalue weighted by molar-refractivity contribution is 7.98. The molecule has 0 heterocycles. The molecule has 0 aliphatic rings. The van der Waals surface area contributed by atoms with Gasteiger partial charge in [0.2, 0.25) is 0 Å². The first-order valence-corrected chi connectivity index (χ1v) is 7.08. The average molecular weight is 305 g/mol. The minimum absolute atomic E-state index is 0.216. The maximum atomic E-state index is 10.9. The fourth-order valence-electron chi connectivity index (χ4n) is 1.74. The van der Waals surface area contributed by atoms with Crippen LogP contribution < -0.4 is 4.74 Å². The number of ether oxygens (including phenoxy) is 1. The van der Waals surface area contributed by atoms with Crippen LogP contribution in [0.4, 0.5) is 5.69 Å². The molecular weight excluding hydrogens is 294 g/mol. The van der Waals surface area contributed by atoms with Crippen molar-refractivity contribution in [2.24, 2.45) is 0 Å². The topological polar surface area (TPSA) is 89.7 Å². The summed E-state index contributed by atoms with van der Waals surface area (Å²) in [6.45, 7) is 0. The lowest BCUT2D eigenvalue weighted by Gasteiger charge is -2.09. The molecular formula is C14H11NO5S. The number of benzene rings is 2. The fourth-order valence-corrected chi connectivity index (χ4v) is 2.26. The molecule has 0 aliphatic heterocycles. The van der Waals surface area contributed by atoms with Gasteiger partial charge in [0, 0.05) is 4.90 Å². The molecule has 0 fully saturated rings. The molecule has 108 valence electrons.